The zero-order chi connectivity index (χ0) is 8.55. The van der Waals surface area contributed by atoms with Gasteiger partial charge in [0.05, 0.1) is 10.0 Å². The van der Waals surface area contributed by atoms with E-state index in [4.69, 9.17) is 23.2 Å². The molecule has 58 valence electrons. The van der Waals surface area contributed by atoms with Gasteiger partial charge in [-0.3, -0.25) is 0 Å². The topological polar surface area (TPSA) is 0 Å². The van der Waals surface area contributed by atoms with E-state index in [-0.39, 0.29) is 0 Å². The highest BCUT2D eigenvalue weighted by atomic mass is 35.5. The Kier molecular flexibility index (Phi) is 1.95. The van der Waals surface area contributed by atoms with E-state index in [2.05, 4.69) is 12.1 Å². The number of halogens is 2. The Hall–Kier alpha value is -0.720. The lowest BCUT2D eigenvalue weighted by molar-refractivity contribution is 1.72. The van der Waals surface area contributed by atoms with Gasteiger partial charge in [0.2, 0.25) is 0 Å². The van der Waals surface area contributed by atoms with E-state index in [1.54, 1.807) is 0 Å². The van der Waals surface area contributed by atoms with Crippen molar-refractivity contribution in [3.63, 3.8) is 0 Å². The quantitative estimate of drug-likeness (QED) is 0.600. The molecule has 12 heavy (non-hydrogen) atoms. The Bertz CT molecular complexity index is 421. The van der Waals surface area contributed by atoms with Crippen LogP contribution in [0.25, 0.3) is 10.8 Å². The standard InChI is InChI=1S/C10H4Cl2/c11-8-5-7-3-1-2-4-9(7)10(12)6-8/h2-5H. The van der Waals surface area contributed by atoms with Gasteiger partial charge in [-0.15, -0.1) is 0 Å². The fourth-order valence-corrected chi connectivity index (χ4v) is 1.64. The minimum absolute atomic E-state index is 0.534. The van der Waals surface area contributed by atoms with Gasteiger partial charge in [-0.25, -0.2) is 0 Å². The number of rotatable bonds is 0. The molecule has 0 aliphatic heterocycles. The van der Waals surface area contributed by atoms with Gasteiger partial charge in [0, 0.05) is 11.5 Å². The average Bonchev–Trinajstić information content (AvgIpc) is 2.04. The highest BCUT2D eigenvalue weighted by molar-refractivity contribution is 6.38. The number of benzene rings is 2. The fourth-order valence-electron chi connectivity index (χ4n) is 1.11. The Morgan fingerprint density at radius 1 is 1.25 bits per heavy atom. The summed E-state index contributed by atoms with van der Waals surface area (Å²) in [4.78, 5) is 0. The third-order valence-electron chi connectivity index (χ3n) is 1.64. The minimum atomic E-state index is 0.534. The maximum atomic E-state index is 5.91. The van der Waals surface area contributed by atoms with Gasteiger partial charge in [0.15, 0.2) is 0 Å². The molecule has 2 aromatic rings. The molecule has 2 radical (unpaired) electrons. The fraction of sp³-hybridized carbons (Fsp3) is 0. The highest BCUT2D eigenvalue weighted by Gasteiger charge is 1.99. The molecule has 0 N–H and O–H groups in total. The Balaban J connectivity index is 2.89. The van der Waals surface area contributed by atoms with E-state index in [1.807, 2.05) is 24.3 Å². The van der Waals surface area contributed by atoms with Crippen molar-refractivity contribution in [1.82, 2.24) is 0 Å². The Labute approximate surface area is 80.7 Å². The molecule has 0 nitrogen and oxygen atoms in total. The molecule has 0 saturated carbocycles. The lowest BCUT2D eigenvalue weighted by Gasteiger charge is -1.99. The first-order chi connectivity index (χ1) is 5.77. The van der Waals surface area contributed by atoms with Crippen LogP contribution in [0, 0.1) is 12.1 Å². The number of hydrogen-bond acceptors (Lipinski definition) is 0. The summed E-state index contributed by atoms with van der Waals surface area (Å²) in [6.07, 6.45) is 0. The van der Waals surface area contributed by atoms with Crippen molar-refractivity contribution < 1.29 is 0 Å². The second-order valence-corrected chi connectivity index (χ2v) is 3.23. The smallest absolute Gasteiger partial charge is 0.0578 e. The predicted octanol–water partition coefficient (Wildman–Crippen LogP) is 3.75. The van der Waals surface area contributed by atoms with Crippen LogP contribution in [0.15, 0.2) is 24.3 Å². The molecular formula is C10H4Cl2. The molecule has 0 fully saturated rings. The van der Waals surface area contributed by atoms with E-state index >= 15 is 0 Å². The zero-order valence-corrected chi connectivity index (χ0v) is 7.58. The molecule has 0 amide bonds. The summed E-state index contributed by atoms with van der Waals surface area (Å²) < 4.78 is 0. The van der Waals surface area contributed by atoms with Crippen LogP contribution < -0.4 is 0 Å². The first-order valence-electron chi connectivity index (χ1n) is 3.44. The van der Waals surface area contributed by atoms with Gasteiger partial charge in [-0.1, -0.05) is 35.3 Å². The van der Waals surface area contributed by atoms with E-state index in [1.165, 1.54) is 0 Å². The molecule has 0 saturated heterocycles. The summed E-state index contributed by atoms with van der Waals surface area (Å²) >= 11 is 11.7. The number of fused-ring (bicyclic) bond motifs is 1. The van der Waals surface area contributed by atoms with E-state index < -0.39 is 0 Å². The van der Waals surface area contributed by atoms with Crippen molar-refractivity contribution in [2.75, 3.05) is 0 Å². The van der Waals surface area contributed by atoms with Gasteiger partial charge in [-0.05, 0) is 23.6 Å². The third-order valence-corrected chi connectivity index (χ3v) is 2.15. The summed E-state index contributed by atoms with van der Waals surface area (Å²) in [6, 6.07) is 13.2. The van der Waals surface area contributed by atoms with Gasteiger partial charge in [-0.2, -0.15) is 0 Å². The normalized spacial score (nSPS) is 10.5. The largest absolute Gasteiger partial charge is 0.0836 e. The van der Waals surface area contributed by atoms with Crippen LogP contribution in [0.1, 0.15) is 0 Å². The molecule has 2 heteroatoms. The maximum absolute atomic E-state index is 5.91. The van der Waals surface area contributed by atoms with Gasteiger partial charge < -0.3 is 0 Å². The maximum Gasteiger partial charge on any atom is 0.0578 e. The molecule has 0 heterocycles. The first-order valence-corrected chi connectivity index (χ1v) is 4.20. The molecule has 0 aliphatic rings. The molecule has 0 unspecified atom stereocenters. The number of hydrogen-bond donors (Lipinski definition) is 0. The minimum Gasteiger partial charge on any atom is -0.0836 e. The zero-order valence-electron chi connectivity index (χ0n) is 6.07. The molecule has 0 aliphatic carbocycles. The second kappa shape index (κ2) is 2.96. The van der Waals surface area contributed by atoms with Crippen LogP contribution >= 0.6 is 23.2 Å². The van der Waals surface area contributed by atoms with Gasteiger partial charge in [0.25, 0.3) is 0 Å². The second-order valence-electron chi connectivity index (χ2n) is 2.44. The molecular weight excluding hydrogens is 191 g/mol. The highest BCUT2D eigenvalue weighted by Crippen LogP contribution is 2.26. The van der Waals surface area contributed by atoms with Crippen LogP contribution in [0.2, 0.25) is 10.0 Å². The van der Waals surface area contributed by atoms with Crippen LogP contribution in [0.5, 0.6) is 0 Å². The van der Waals surface area contributed by atoms with Crippen LogP contribution in [-0.4, -0.2) is 0 Å². The van der Waals surface area contributed by atoms with Crippen molar-refractivity contribution in [1.29, 1.82) is 0 Å². The summed E-state index contributed by atoms with van der Waals surface area (Å²) in [5.74, 6) is 0. The Morgan fingerprint density at radius 2 is 2.08 bits per heavy atom. The average molecular weight is 195 g/mol. The molecule has 2 rings (SSSR count). The summed E-state index contributed by atoms with van der Waals surface area (Å²) in [7, 11) is 0. The van der Waals surface area contributed by atoms with Crippen molar-refractivity contribution in [2.45, 2.75) is 0 Å². The summed E-state index contributed by atoms with van der Waals surface area (Å²) in [6.45, 7) is 0. The van der Waals surface area contributed by atoms with E-state index in [9.17, 15) is 0 Å². The molecule has 0 spiro atoms. The first kappa shape index (κ1) is 7.90. The van der Waals surface area contributed by atoms with Crippen molar-refractivity contribution >= 4 is 34.0 Å². The Morgan fingerprint density at radius 3 is 2.92 bits per heavy atom. The summed E-state index contributed by atoms with van der Waals surface area (Å²) in [5.41, 5.74) is 0. The molecule has 2 aromatic carbocycles. The van der Waals surface area contributed by atoms with Gasteiger partial charge >= 0.3 is 0 Å². The molecule has 0 bridgehead atoms. The van der Waals surface area contributed by atoms with E-state index in [0.717, 1.165) is 10.8 Å². The lowest BCUT2D eigenvalue weighted by atomic mass is 10.1. The lowest BCUT2D eigenvalue weighted by Crippen LogP contribution is -1.74. The van der Waals surface area contributed by atoms with E-state index in [0.29, 0.717) is 10.0 Å². The van der Waals surface area contributed by atoms with Crippen LogP contribution in [0.4, 0.5) is 0 Å². The SMILES string of the molecule is Clc1[c]c(Cl)c2cc[c]cc2c1. The van der Waals surface area contributed by atoms with Crippen LogP contribution in [0.3, 0.4) is 0 Å². The third kappa shape index (κ3) is 1.28. The summed E-state index contributed by atoms with van der Waals surface area (Å²) in [5, 5.41) is 3.05. The predicted molar refractivity (Wildman–Crippen MR) is 51.6 cm³/mol. The monoisotopic (exact) mass is 194 g/mol. The van der Waals surface area contributed by atoms with Crippen molar-refractivity contribution in [2.24, 2.45) is 0 Å². The van der Waals surface area contributed by atoms with Crippen LogP contribution in [-0.2, 0) is 0 Å². The molecule has 0 aromatic heterocycles. The molecule has 0 atom stereocenters. The van der Waals surface area contributed by atoms with Crippen molar-refractivity contribution in [3.8, 4) is 0 Å². The van der Waals surface area contributed by atoms with Crippen molar-refractivity contribution in [3.05, 3.63) is 46.4 Å². The van der Waals surface area contributed by atoms with Gasteiger partial charge in [0.1, 0.15) is 0 Å².